The number of carboxylic acids is 1. The summed E-state index contributed by atoms with van der Waals surface area (Å²) in [5.41, 5.74) is 1.52. The lowest BCUT2D eigenvalue weighted by Gasteiger charge is -2.10. The predicted molar refractivity (Wildman–Crippen MR) is 51.8 cm³/mol. The van der Waals surface area contributed by atoms with Gasteiger partial charge < -0.3 is 5.11 Å². The number of hydrogen-bond acceptors (Lipinski definition) is 2. The molecule has 72 valence electrons. The van der Waals surface area contributed by atoms with Crippen molar-refractivity contribution < 1.29 is 9.90 Å². The molecule has 1 rings (SSSR count). The van der Waals surface area contributed by atoms with Gasteiger partial charge in [0.25, 0.3) is 0 Å². The fourth-order valence-corrected chi connectivity index (χ4v) is 1.34. The van der Waals surface area contributed by atoms with Gasteiger partial charge in [0.15, 0.2) is 0 Å². The number of rotatable bonds is 3. The van der Waals surface area contributed by atoms with E-state index in [-0.39, 0.29) is 6.42 Å². The average Bonchev–Trinajstić information content (AvgIpc) is 2.18. The van der Waals surface area contributed by atoms with E-state index in [1.165, 1.54) is 0 Å². The van der Waals surface area contributed by atoms with E-state index < -0.39 is 11.9 Å². The van der Waals surface area contributed by atoms with Crippen LogP contribution in [-0.2, 0) is 11.2 Å². The minimum absolute atomic E-state index is 0.258. The fourth-order valence-electron chi connectivity index (χ4n) is 1.34. The highest BCUT2D eigenvalue weighted by molar-refractivity contribution is 5.76. The molecule has 0 aliphatic rings. The topological polar surface area (TPSA) is 61.1 Å². The number of benzene rings is 1. The molecule has 1 aromatic carbocycles. The zero-order chi connectivity index (χ0) is 10.6. The molecule has 0 bridgehead atoms. The molecule has 0 aliphatic carbocycles. The third-order valence-electron chi connectivity index (χ3n) is 2.16. The summed E-state index contributed by atoms with van der Waals surface area (Å²) in [5, 5.41) is 17.4. The number of hydrogen-bond donors (Lipinski definition) is 1. The van der Waals surface area contributed by atoms with Gasteiger partial charge in [0.2, 0.25) is 0 Å². The molecule has 3 nitrogen and oxygen atoms in total. The Labute approximate surface area is 82.6 Å². The first-order valence-electron chi connectivity index (χ1n) is 4.34. The van der Waals surface area contributed by atoms with Crippen molar-refractivity contribution in [1.82, 2.24) is 0 Å². The summed E-state index contributed by atoms with van der Waals surface area (Å²) in [7, 11) is 0. The van der Waals surface area contributed by atoms with Crippen LogP contribution < -0.4 is 0 Å². The van der Waals surface area contributed by atoms with E-state index in [2.05, 4.69) is 0 Å². The van der Waals surface area contributed by atoms with Crippen molar-refractivity contribution in [3.8, 4) is 6.07 Å². The van der Waals surface area contributed by atoms with Gasteiger partial charge >= 0.3 is 5.97 Å². The second kappa shape index (κ2) is 4.43. The maximum absolute atomic E-state index is 10.8. The number of carboxylic acid groups (broad SMARTS) is 1. The molecule has 0 saturated heterocycles. The normalized spacial score (nSPS) is 11.7. The van der Waals surface area contributed by atoms with Crippen LogP contribution in [-0.4, -0.2) is 11.1 Å². The summed E-state index contributed by atoms with van der Waals surface area (Å²) in [6.45, 7) is 1.62. The lowest BCUT2D eigenvalue weighted by Crippen LogP contribution is -2.09. The second-order valence-corrected chi connectivity index (χ2v) is 3.09. The number of nitrogens with zero attached hydrogens (tertiary/aromatic N) is 1. The molecule has 1 N–H and O–H groups in total. The van der Waals surface area contributed by atoms with E-state index in [1.807, 2.05) is 12.1 Å². The molecule has 0 aliphatic heterocycles. The Morgan fingerprint density at radius 3 is 2.79 bits per heavy atom. The van der Waals surface area contributed by atoms with Gasteiger partial charge in [-0.05, 0) is 18.1 Å². The van der Waals surface area contributed by atoms with Crippen LogP contribution >= 0.6 is 0 Å². The van der Waals surface area contributed by atoms with Crippen LogP contribution in [0.2, 0.25) is 0 Å². The molecule has 0 fully saturated rings. The summed E-state index contributed by atoms with van der Waals surface area (Å²) < 4.78 is 0. The van der Waals surface area contributed by atoms with E-state index in [0.29, 0.717) is 0 Å². The zero-order valence-corrected chi connectivity index (χ0v) is 7.90. The SMILES string of the molecule is CC(C(=O)O)c1ccccc1CC#N. The van der Waals surface area contributed by atoms with E-state index in [4.69, 9.17) is 10.4 Å². The molecular formula is C11H11NO2. The summed E-state index contributed by atoms with van der Waals surface area (Å²) >= 11 is 0. The molecule has 0 spiro atoms. The van der Waals surface area contributed by atoms with Crippen molar-refractivity contribution >= 4 is 5.97 Å². The van der Waals surface area contributed by atoms with Crippen molar-refractivity contribution in [3.05, 3.63) is 35.4 Å². The molecule has 0 heterocycles. The van der Waals surface area contributed by atoms with E-state index in [1.54, 1.807) is 25.1 Å². The highest BCUT2D eigenvalue weighted by Gasteiger charge is 2.16. The van der Waals surface area contributed by atoms with Gasteiger partial charge in [-0.2, -0.15) is 5.26 Å². The van der Waals surface area contributed by atoms with Crippen molar-refractivity contribution in [3.63, 3.8) is 0 Å². The lowest BCUT2D eigenvalue weighted by molar-refractivity contribution is -0.138. The van der Waals surface area contributed by atoms with E-state index in [9.17, 15) is 4.79 Å². The van der Waals surface area contributed by atoms with E-state index >= 15 is 0 Å². The van der Waals surface area contributed by atoms with Crippen molar-refractivity contribution in [2.24, 2.45) is 0 Å². The third-order valence-corrected chi connectivity index (χ3v) is 2.16. The van der Waals surface area contributed by atoms with Gasteiger partial charge in [0, 0.05) is 0 Å². The van der Waals surface area contributed by atoms with Crippen LogP contribution in [0.5, 0.6) is 0 Å². The molecule has 0 aromatic heterocycles. The maximum atomic E-state index is 10.8. The highest BCUT2D eigenvalue weighted by Crippen LogP contribution is 2.20. The summed E-state index contributed by atoms with van der Waals surface area (Å²) in [4.78, 5) is 10.8. The number of nitriles is 1. The molecular weight excluding hydrogens is 178 g/mol. The van der Waals surface area contributed by atoms with Crippen LogP contribution in [0.4, 0.5) is 0 Å². The molecule has 3 heteroatoms. The van der Waals surface area contributed by atoms with Crippen LogP contribution in [0.15, 0.2) is 24.3 Å². The fraction of sp³-hybridized carbons (Fsp3) is 0.273. The molecule has 1 unspecified atom stereocenters. The Morgan fingerprint density at radius 1 is 1.57 bits per heavy atom. The Morgan fingerprint density at radius 2 is 2.21 bits per heavy atom. The van der Waals surface area contributed by atoms with Crippen LogP contribution in [0.1, 0.15) is 24.0 Å². The third kappa shape index (κ3) is 2.11. The first kappa shape index (κ1) is 10.3. The monoisotopic (exact) mass is 189 g/mol. The quantitative estimate of drug-likeness (QED) is 0.790. The van der Waals surface area contributed by atoms with Crippen LogP contribution in [0, 0.1) is 11.3 Å². The number of carbonyl (C=O) groups is 1. The van der Waals surface area contributed by atoms with Crippen molar-refractivity contribution in [1.29, 1.82) is 5.26 Å². The molecule has 0 radical (unpaired) electrons. The summed E-state index contributed by atoms with van der Waals surface area (Å²) in [6.07, 6.45) is 0.258. The standard InChI is InChI=1S/C11H11NO2/c1-8(11(13)14)10-5-3-2-4-9(10)6-7-12/h2-5,8H,6H2,1H3,(H,13,14). The average molecular weight is 189 g/mol. The number of aliphatic carboxylic acids is 1. The first-order valence-corrected chi connectivity index (χ1v) is 4.34. The summed E-state index contributed by atoms with van der Waals surface area (Å²) in [5.74, 6) is -1.42. The first-order chi connectivity index (χ1) is 6.66. The molecule has 14 heavy (non-hydrogen) atoms. The molecule has 0 amide bonds. The van der Waals surface area contributed by atoms with Gasteiger partial charge in [-0.15, -0.1) is 0 Å². The maximum Gasteiger partial charge on any atom is 0.310 e. The minimum atomic E-state index is -0.865. The predicted octanol–water partition coefficient (Wildman–Crippen LogP) is 1.94. The van der Waals surface area contributed by atoms with Gasteiger partial charge in [-0.1, -0.05) is 24.3 Å². The van der Waals surface area contributed by atoms with Gasteiger partial charge in [-0.3, -0.25) is 4.79 Å². The lowest BCUT2D eigenvalue weighted by atomic mass is 9.94. The van der Waals surface area contributed by atoms with Gasteiger partial charge in [-0.25, -0.2) is 0 Å². The van der Waals surface area contributed by atoms with Crippen molar-refractivity contribution in [2.45, 2.75) is 19.3 Å². The van der Waals surface area contributed by atoms with Gasteiger partial charge in [0.1, 0.15) is 0 Å². The zero-order valence-electron chi connectivity index (χ0n) is 7.90. The molecule has 0 saturated carbocycles. The molecule has 1 aromatic rings. The van der Waals surface area contributed by atoms with Gasteiger partial charge in [0.05, 0.1) is 18.4 Å². The molecule has 1 atom stereocenters. The Hall–Kier alpha value is -1.82. The summed E-state index contributed by atoms with van der Waals surface area (Å²) in [6, 6.07) is 9.17. The van der Waals surface area contributed by atoms with Crippen molar-refractivity contribution in [2.75, 3.05) is 0 Å². The Balaban J connectivity index is 3.07. The van der Waals surface area contributed by atoms with Crippen LogP contribution in [0.25, 0.3) is 0 Å². The largest absolute Gasteiger partial charge is 0.481 e. The minimum Gasteiger partial charge on any atom is -0.481 e. The second-order valence-electron chi connectivity index (χ2n) is 3.09. The smallest absolute Gasteiger partial charge is 0.310 e. The van der Waals surface area contributed by atoms with E-state index in [0.717, 1.165) is 11.1 Å². The van der Waals surface area contributed by atoms with Crippen LogP contribution in [0.3, 0.4) is 0 Å². The Kier molecular flexibility index (Phi) is 3.24. The highest BCUT2D eigenvalue weighted by atomic mass is 16.4. The Bertz CT molecular complexity index is 379.